The summed E-state index contributed by atoms with van der Waals surface area (Å²) in [5, 5.41) is 2.95. The Labute approximate surface area is 311 Å². The Bertz CT molecular complexity index is 716. The van der Waals surface area contributed by atoms with Gasteiger partial charge in [0.05, 0.1) is 24.9 Å². The molecule has 0 aliphatic rings. The van der Waals surface area contributed by atoms with Gasteiger partial charge in [0.25, 0.3) is 0 Å². The average Bonchev–Trinajstić information content (AvgIpc) is 3.07. The molecule has 50 heavy (non-hydrogen) atoms. The summed E-state index contributed by atoms with van der Waals surface area (Å²) in [6, 6.07) is 0. The molecule has 1 amide bonds. The van der Waals surface area contributed by atoms with Gasteiger partial charge in [-0.15, -0.1) is 0 Å². The SMILES string of the molecule is CCCCCCCCCCCCCCOCC(CNC(=O)OC(C)(C)CCOC(C)(C)CCOC)OCCCCCCCCCCCCCC. The van der Waals surface area contributed by atoms with E-state index in [0.29, 0.717) is 39.4 Å². The molecule has 0 aliphatic heterocycles. The second kappa shape index (κ2) is 35.2. The standard InChI is InChI=1S/C43H87NO6/c1-8-10-12-14-16-18-20-22-24-26-28-30-34-47-39-40(48-35-31-29-27-25-23-21-19-17-15-13-11-9-2)38-44-41(45)50-43(5,6)33-37-49-42(3,4)32-36-46-7/h40H,8-39H2,1-7H3,(H,44,45). The van der Waals surface area contributed by atoms with Gasteiger partial charge in [-0.05, 0) is 47.0 Å². The molecular formula is C43H87NO6. The molecule has 0 fully saturated rings. The van der Waals surface area contributed by atoms with Crippen LogP contribution in [-0.4, -0.2) is 70.1 Å². The maximum atomic E-state index is 12.8. The molecular weight excluding hydrogens is 626 g/mol. The van der Waals surface area contributed by atoms with Crippen molar-refractivity contribution in [2.45, 2.75) is 226 Å². The van der Waals surface area contributed by atoms with Crippen LogP contribution in [0, 0.1) is 0 Å². The fourth-order valence-electron chi connectivity index (χ4n) is 6.15. The third kappa shape index (κ3) is 35.5. The molecule has 1 atom stereocenters. The molecule has 0 aromatic heterocycles. The Morgan fingerprint density at radius 1 is 0.540 bits per heavy atom. The monoisotopic (exact) mass is 714 g/mol. The normalized spacial score (nSPS) is 12.8. The molecule has 0 bridgehead atoms. The molecule has 0 aromatic carbocycles. The largest absolute Gasteiger partial charge is 0.443 e. The fourth-order valence-corrected chi connectivity index (χ4v) is 6.15. The van der Waals surface area contributed by atoms with Crippen molar-refractivity contribution in [3.63, 3.8) is 0 Å². The smallest absolute Gasteiger partial charge is 0.407 e. The lowest BCUT2D eigenvalue weighted by atomic mass is 10.0. The summed E-state index contributed by atoms with van der Waals surface area (Å²) in [5.41, 5.74) is -0.919. The van der Waals surface area contributed by atoms with E-state index in [2.05, 4.69) is 33.0 Å². The molecule has 7 nitrogen and oxygen atoms in total. The van der Waals surface area contributed by atoms with Crippen molar-refractivity contribution >= 4 is 6.09 Å². The first-order valence-electron chi connectivity index (χ1n) is 21.4. The highest BCUT2D eigenvalue weighted by Crippen LogP contribution is 2.20. The lowest BCUT2D eigenvalue weighted by Gasteiger charge is -2.29. The average molecular weight is 714 g/mol. The lowest BCUT2D eigenvalue weighted by Crippen LogP contribution is -2.41. The van der Waals surface area contributed by atoms with Crippen molar-refractivity contribution < 1.29 is 28.5 Å². The van der Waals surface area contributed by atoms with E-state index < -0.39 is 11.7 Å². The number of ether oxygens (including phenoxy) is 5. The minimum atomic E-state index is -0.641. The van der Waals surface area contributed by atoms with Gasteiger partial charge in [0.2, 0.25) is 0 Å². The molecule has 300 valence electrons. The number of amides is 1. The first-order chi connectivity index (χ1) is 24.2. The van der Waals surface area contributed by atoms with Crippen LogP contribution in [0.4, 0.5) is 4.79 Å². The first kappa shape index (κ1) is 49.1. The summed E-state index contributed by atoms with van der Waals surface area (Å²) >= 11 is 0. The highest BCUT2D eigenvalue weighted by atomic mass is 16.6. The summed E-state index contributed by atoms with van der Waals surface area (Å²) in [4.78, 5) is 12.8. The van der Waals surface area contributed by atoms with Crippen LogP contribution in [0.15, 0.2) is 0 Å². The molecule has 0 saturated heterocycles. The van der Waals surface area contributed by atoms with Crippen LogP contribution < -0.4 is 5.32 Å². The van der Waals surface area contributed by atoms with Gasteiger partial charge in [-0.3, -0.25) is 0 Å². The van der Waals surface area contributed by atoms with Crippen molar-refractivity contribution in [3.8, 4) is 0 Å². The number of carbonyl (C=O) groups excluding carboxylic acids is 1. The van der Waals surface area contributed by atoms with Gasteiger partial charge in [0.1, 0.15) is 5.60 Å². The molecule has 0 spiro atoms. The molecule has 0 radical (unpaired) electrons. The summed E-state index contributed by atoms with van der Waals surface area (Å²) in [5.74, 6) is 0. The van der Waals surface area contributed by atoms with Crippen LogP contribution in [0.2, 0.25) is 0 Å². The Morgan fingerprint density at radius 2 is 0.960 bits per heavy atom. The zero-order chi connectivity index (χ0) is 37.0. The second-order valence-corrected chi connectivity index (χ2v) is 16.0. The fraction of sp³-hybridized carbons (Fsp3) is 0.977. The van der Waals surface area contributed by atoms with E-state index in [4.69, 9.17) is 23.7 Å². The summed E-state index contributed by atoms with van der Waals surface area (Å²) in [6.45, 7) is 16.0. The number of unbranched alkanes of at least 4 members (excludes halogenated alkanes) is 22. The molecule has 7 heteroatoms. The number of rotatable bonds is 39. The quantitative estimate of drug-likeness (QED) is 0.0639. The molecule has 0 aliphatic carbocycles. The van der Waals surface area contributed by atoms with Gasteiger partial charge in [0.15, 0.2) is 0 Å². The van der Waals surface area contributed by atoms with Gasteiger partial charge < -0.3 is 29.0 Å². The Kier molecular flexibility index (Phi) is 34.5. The van der Waals surface area contributed by atoms with E-state index >= 15 is 0 Å². The number of hydrogen-bond acceptors (Lipinski definition) is 6. The van der Waals surface area contributed by atoms with Gasteiger partial charge in [-0.2, -0.15) is 0 Å². The van der Waals surface area contributed by atoms with E-state index in [1.54, 1.807) is 7.11 Å². The third-order valence-corrected chi connectivity index (χ3v) is 9.75. The maximum absolute atomic E-state index is 12.8. The molecule has 1 unspecified atom stereocenters. The topological polar surface area (TPSA) is 75.3 Å². The number of alkyl carbamates (subject to hydrolysis) is 1. The highest BCUT2D eigenvalue weighted by Gasteiger charge is 2.26. The zero-order valence-electron chi connectivity index (χ0n) is 34.7. The van der Waals surface area contributed by atoms with Crippen LogP contribution in [0.1, 0.15) is 208 Å². The maximum Gasteiger partial charge on any atom is 0.407 e. The second-order valence-electron chi connectivity index (χ2n) is 16.0. The van der Waals surface area contributed by atoms with Crippen LogP contribution in [-0.2, 0) is 23.7 Å². The van der Waals surface area contributed by atoms with Crippen molar-refractivity contribution in [1.82, 2.24) is 5.32 Å². The van der Waals surface area contributed by atoms with Crippen molar-refractivity contribution in [3.05, 3.63) is 0 Å². The molecule has 0 rings (SSSR count). The highest BCUT2D eigenvalue weighted by molar-refractivity contribution is 5.67. The molecule has 0 heterocycles. The van der Waals surface area contributed by atoms with Gasteiger partial charge in [-0.1, -0.05) is 155 Å². The van der Waals surface area contributed by atoms with E-state index in [0.717, 1.165) is 25.9 Å². The Morgan fingerprint density at radius 3 is 1.42 bits per heavy atom. The van der Waals surface area contributed by atoms with E-state index in [9.17, 15) is 4.79 Å². The van der Waals surface area contributed by atoms with Gasteiger partial charge in [0, 0.05) is 39.9 Å². The number of methoxy groups -OCH3 is 1. The van der Waals surface area contributed by atoms with E-state index in [1.165, 1.54) is 141 Å². The summed E-state index contributed by atoms with van der Waals surface area (Å²) < 4.78 is 29.3. The van der Waals surface area contributed by atoms with Crippen LogP contribution in [0.5, 0.6) is 0 Å². The summed E-state index contributed by atoms with van der Waals surface area (Å²) in [6.07, 6.45) is 32.7. The third-order valence-electron chi connectivity index (χ3n) is 9.75. The predicted molar refractivity (Wildman–Crippen MR) is 212 cm³/mol. The number of carbonyl (C=O) groups is 1. The minimum absolute atomic E-state index is 0.180. The zero-order valence-corrected chi connectivity index (χ0v) is 34.7. The lowest BCUT2D eigenvalue weighted by molar-refractivity contribution is -0.0617. The van der Waals surface area contributed by atoms with Crippen molar-refractivity contribution in [2.75, 3.05) is 46.7 Å². The Hall–Kier alpha value is -0.890. The van der Waals surface area contributed by atoms with E-state index in [-0.39, 0.29) is 11.7 Å². The number of hydrogen-bond donors (Lipinski definition) is 1. The van der Waals surface area contributed by atoms with Gasteiger partial charge in [-0.25, -0.2) is 4.79 Å². The molecule has 1 N–H and O–H groups in total. The molecule has 0 aromatic rings. The predicted octanol–water partition coefficient (Wildman–Crippen LogP) is 12.5. The Balaban J connectivity index is 4.38. The summed E-state index contributed by atoms with van der Waals surface area (Å²) in [7, 11) is 1.70. The van der Waals surface area contributed by atoms with Crippen LogP contribution in [0.3, 0.4) is 0 Å². The van der Waals surface area contributed by atoms with Crippen molar-refractivity contribution in [2.24, 2.45) is 0 Å². The first-order valence-corrected chi connectivity index (χ1v) is 21.4. The minimum Gasteiger partial charge on any atom is -0.443 e. The van der Waals surface area contributed by atoms with E-state index in [1.807, 2.05) is 13.8 Å². The number of nitrogens with one attached hydrogen (secondary N) is 1. The van der Waals surface area contributed by atoms with Crippen LogP contribution >= 0.6 is 0 Å². The van der Waals surface area contributed by atoms with Crippen molar-refractivity contribution in [1.29, 1.82) is 0 Å². The van der Waals surface area contributed by atoms with Gasteiger partial charge >= 0.3 is 6.09 Å². The molecule has 0 saturated carbocycles. The van der Waals surface area contributed by atoms with Crippen LogP contribution in [0.25, 0.3) is 0 Å².